The molecule has 0 atom stereocenters. The van der Waals surface area contributed by atoms with E-state index in [0.717, 1.165) is 17.7 Å². The van der Waals surface area contributed by atoms with Crippen molar-refractivity contribution in [3.63, 3.8) is 0 Å². The molecule has 2 rings (SSSR count). The molecule has 1 aromatic rings. The molecule has 0 spiro atoms. The minimum Gasteiger partial charge on any atom is -0.476 e. The average molecular weight is 192 g/mol. The van der Waals surface area contributed by atoms with Crippen molar-refractivity contribution < 1.29 is 9.57 Å². The van der Waals surface area contributed by atoms with Crippen LogP contribution in [0.15, 0.2) is 29.3 Å². The Kier molecular flexibility index (Phi) is 2.76. The van der Waals surface area contributed by atoms with Crippen molar-refractivity contribution in [1.29, 1.82) is 0 Å². The van der Waals surface area contributed by atoms with Crippen LogP contribution in [0.5, 0.6) is 0 Å². The molecule has 4 nitrogen and oxygen atoms in total. The predicted octanol–water partition coefficient (Wildman–Crippen LogP) is 0.854. The van der Waals surface area contributed by atoms with Crippen LogP contribution < -0.4 is 5.90 Å². The highest BCUT2D eigenvalue weighted by molar-refractivity contribution is 5.95. The van der Waals surface area contributed by atoms with Crippen molar-refractivity contribution in [2.45, 2.75) is 6.61 Å². The van der Waals surface area contributed by atoms with E-state index in [2.05, 4.69) is 9.83 Å². The van der Waals surface area contributed by atoms with Crippen LogP contribution in [0.3, 0.4) is 0 Å². The molecule has 0 aliphatic carbocycles. The van der Waals surface area contributed by atoms with Gasteiger partial charge in [0.05, 0.1) is 13.2 Å². The summed E-state index contributed by atoms with van der Waals surface area (Å²) in [7, 11) is 0. The zero-order valence-electron chi connectivity index (χ0n) is 7.77. The molecule has 0 saturated carbocycles. The number of aliphatic imine (C=N–C) groups is 1. The normalized spacial score (nSPS) is 15.1. The maximum Gasteiger partial charge on any atom is 0.216 e. The Labute approximate surface area is 82.3 Å². The van der Waals surface area contributed by atoms with E-state index in [9.17, 15) is 0 Å². The van der Waals surface area contributed by atoms with Crippen molar-refractivity contribution in [3.05, 3.63) is 35.4 Å². The molecule has 14 heavy (non-hydrogen) atoms. The van der Waals surface area contributed by atoms with E-state index in [1.807, 2.05) is 24.3 Å². The standard InChI is InChI=1S/C10H12N2O2/c11-14-7-8-2-1-3-9(6-8)10-12-4-5-13-10/h1-3,6H,4-5,7,11H2. The van der Waals surface area contributed by atoms with Gasteiger partial charge in [0.1, 0.15) is 6.61 Å². The summed E-state index contributed by atoms with van der Waals surface area (Å²) in [6.07, 6.45) is 0. The molecule has 0 unspecified atom stereocenters. The number of hydrogen-bond acceptors (Lipinski definition) is 4. The molecule has 4 heteroatoms. The Morgan fingerprint density at radius 2 is 2.43 bits per heavy atom. The van der Waals surface area contributed by atoms with Gasteiger partial charge in [-0.15, -0.1) is 0 Å². The van der Waals surface area contributed by atoms with E-state index >= 15 is 0 Å². The molecule has 0 amide bonds. The van der Waals surface area contributed by atoms with Gasteiger partial charge in [-0.2, -0.15) is 0 Å². The van der Waals surface area contributed by atoms with E-state index < -0.39 is 0 Å². The Bertz CT molecular complexity index is 350. The summed E-state index contributed by atoms with van der Waals surface area (Å²) < 4.78 is 5.35. The van der Waals surface area contributed by atoms with Crippen molar-refractivity contribution >= 4 is 5.90 Å². The summed E-state index contributed by atoms with van der Waals surface area (Å²) in [5.74, 6) is 5.71. The molecule has 1 aliphatic heterocycles. The number of nitrogens with two attached hydrogens (primary N) is 1. The molecule has 0 saturated heterocycles. The summed E-state index contributed by atoms with van der Waals surface area (Å²) in [6, 6.07) is 7.82. The first-order valence-corrected chi connectivity index (χ1v) is 4.48. The lowest BCUT2D eigenvalue weighted by molar-refractivity contribution is 0.124. The van der Waals surface area contributed by atoms with Gasteiger partial charge in [0.2, 0.25) is 5.90 Å². The van der Waals surface area contributed by atoms with Gasteiger partial charge in [0.25, 0.3) is 0 Å². The van der Waals surface area contributed by atoms with Gasteiger partial charge in [-0.05, 0) is 17.7 Å². The molecule has 2 N–H and O–H groups in total. The van der Waals surface area contributed by atoms with Crippen LogP contribution in [0, 0.1) is 0 Å². The van der Waals surface area contributed by atoms with Crippen LogP contribution in [0.1, 0.15) is 11.1 Å². The molecule has 1 aliphatic rings. The van der Waals surface area contributed by atoms with E-state index in [1.54, 1.807) is 0 Å². The Hall–Kier alpha value is -1.39. The van der Waals surface area contributed by atoms with Crippen LogP contribution >= 0.6 is 0 Å². The summed E-state index contributed by atoms with van der Waals surface area (Å²) in [4.78, 5) is 8.79. The van der Waals surface area contributed by atoms with Gasteiger partial charge in [-0.3, -0.25) is 4.84 Å². The van der Waals surface area contributed by atoms with Crippen molar-refractivity contribution in [2.75, 3.05) is 13.2 Å². The lowest BCUT2D eigenvalue weighted by Crippen LogP contribution is -2.03. The Morgan fingerprint density at radius 1 is 1.50 bits per heavy atom. The average Bonchev–Trinajstić information content (AvgIpc) is 2.71. The summed E-state index contributed by atoms with van der Waals surface area (Å²) in [5, 5.41) is 0. The van der Waals surface area contributed by atoms with Crippen molar-refractivity contribution in [3.8, 4) is 0 Å². The van der Waals surface area contributed by atoms with Crippen LogP contribution in [0.2, 0.25) is 0 Å². The SMILES string of the molecule is NOCc1cccc(C2=NCCO2)c1. The van der Waals surface area contributed by atoms with Crippen LogP contribution in [0.4, 0.5) is 0 Å². The summed E-state index contributed by atoms with van der Waals surface area (Å²) >= 11 is 0. The quantitative estimate of drug-likeness (QED) is 0.722. The predicted molar refractivity (Wildman–Crippen MR) is 52.8 cm³/mol. The highest BCUT2D eigenvalue weighted by atomic mass is 16.6. The number of benzene rings is 1. The smallest absolute Gasteiger partial charge is 0.216 e. The molecular weight excluding hydrogens is 180 g/mol. The van der Waals surface area contributed by atoms with Crippen molar-refractivity contribution in [1.82, 2.24) is 0 Å². The zero-order chi connectivity index (χ0) is 9.80. The number of nitrogens with zero attached hydrogens (tertiary/aromatic N) is 1. The fraction of sp³-hybridized carbons (Fsp3) is 0.300. The van der Waals surface area contributed by atoms with Crippen LogP contribution in [-0.2, 0) is 16.2 Å². The van der Waals surface area contributed by atoms with Gasteiger partial charge in [0.15, 0.2) is 0 Å². The molecule has 0 fully saturated rings. The van der Waals surface area contributed by atoms with Gasteiger partial charge in [0, 0.05) is 5.56 Å². The van der Waals surface area contributed by atoms with Crippen LogP contribution in [0.25, 0.3) is 0 Å². The largest absolute Gasteiger partial charge is 0.476 e. The second-order valence-electron chi connectivity index (χ2n) is 3.05. The minimum absolute atomic E-state index is 0.404. The molecule has 1 heterocycles. The minimum atomic E-state index is 0.404. The highest BCUT2D eigenvalue weighted by Gasteiger charge is 2.09. The van der Waals surface area contributed by atoms with Gasteiger partial charge in [-0.25, -0.2) is 10.9 Å². The monoisotopic (exact) mass is 192 g/mol. The van der Waals surface area contributed by atoms with Crippen LogP contribution in [-0.4, -0.2) is 19.0 Å². The van der Waals surface area contributed by atoms with Gasteiger partial charge < -0.3 is 4.74 Å². The number of rotatable bonds is 3. The Morgan fingerprint density at radius 3 is 3.14 bits per heavy atom. The third kappa shape index (κ3) is 1.92. The van der Waals surface area contributed by atoms with Crippen molar-refractivity contribution in [2.24, 2.45) is 10.9 Å². The molecule has 0 aromatic heterocycles. The maximum atomic E-state index is 5.35. The van der Waals surface area contributed by atoms with Gasteiger partial charge >= 0.3 is 0 Å². The highest BCUT2D eigenvalue weighted by Crippen LogP contribution is 2.10. The molecule has 0 bridgehead atoms. The third-order valence-electron chi connectivity index (χ3n) is 2.01. The number of ether oxygens (including phenoxy) is 1. The second-order valence-corrected chi connectivity index (χ2v) is 3.05. The zero-order valence-corrected chi connectivity index (χ0v) is 7.77. The van der Waals surface area contributed by atoms with E-state index in [-0.39, 0.29) is 0 Å². The fourth-order valence-corrected chi connectivity index (χ4v) is 1.40. The lowest BCUT2D eigenvalue weighted by atomic mass is 10.1. The summed E-state index contributed by atoms with van der Waals surface area (Å²) in [5.41, 5.74) is 2.00. The fourth-order valence-electron chi connectivity index (χ4n) is 1.40. The topological polar surface area (TPSA) is 56.8 Å². The molecule has 74 valence electrons. The first-order chi connectivity index (χ1) is 6.90. The number of hydrogen-bond donors (Lipinski definition) is 1. The lowest BCUT2D eigenvalue weighted by Gasteiger charge is -2.03. The maximum absolute atomic E-state index is 5.35. The second kappa shape index (κ2) is 4.21. The molecular formula is C10H12N2O2. The first kappa shape index (κ1) is 9.18. The molecule has 1 aromatic carbocycles. The third-order valence-corrected chi connectivity index (χ3v) is 2.01. The first-order valence-electron chi connectivity index (χ1n) is 4.48. The van der Waals surface area contributed by atoms with Gasteiger partial charge in [-0.1, -0.05) is 12.1 Å². The Balaban J connectivity index is 2.21. The summed E-state index contributed by atoms with van der Waals surface area (Å²) in [6.45, 7) is 1.82. The van der Waals surface area contributed by atoms with E-state index in [4.69, 9.17) is 10.6 Å². The van der Waals surface area contributed by atoms with E-state index in [0.29, 0.717) is 19.1 Å². The molecule has 0 radical (unpaired) electrons. The van der Waals surface area contributed by atoms with E-state index in [1.165, 1.54) is 0 Å².